The summed E-state index contributed by atoms with van der Waals surface area (Å²) in [6.45, 7) is 6.40. The summed E-state index contributed by atoms with van der Waals surface area (Å²) in [5.74, 6) is 0. The summed E-state index contributed by atoms with van der Waals surface area (Å²) in [7, 11) is 0. The van der Waals surface area contributed by atoms with Crippen molar-refractivity contribution >= 4 is 98.6 Å². The van der Waals surface area contributed by atoms with Gasteiger partial charge < -0.3 is 13.7 Å². The standard InChI is InChI=1S/C43H29Cl2N3S/c1-24-4-12-29(13-5-24)46-36-20-27(44)10-18-32(36)40-41(46)34-23-39-35(22-38(34)47(40)30-14-6-25(2)7-15-30)42-43(49-39)33-19-11-28(45)21-37(33)48(42)31-16-8-26(3)9-17-31/h4-23H,1-3H3. The van der Waals surface area contributed by atoms with Crippen LogP contribution in [-0.4, -0.2) is 13.7 Å². The van der Waals surface area contributed by atoms with Crippen LogP contribution in [0, 0.1) is 20.8 Å². The Balaban J connectivity index is 1.42. The molecule has 0 unspecified atom stereocenters. The Labute approximate surface area is 296 Å². The van der Waals surface area contributed by atoms with E-state index in [9.17, 15) is 0 Å². The normalized spacial score (nSPS) is 12.2. The van der Waals surface area contributed by atoms with Gasteiger partial charge in [-0.1, -0.05) is 76.3 Å². The summed E-state index contributed by atoms with van der Waals surface area (Å²) in [6, 6.07) is 43.8. The summed E-state index contributed by atoms with van der Waals surface area (Å²) >= 11 is 15.2. The maximum atomic E-state index is 6.70. The van der Waals surface area contributed by atoms with Gasteiger partial charge in [-0.2, -0.15) is 0 Å². The van der Waals surface area contributed by atoms with Crippen LogP contribution < -0.4 is 0 Å². The largest absolute Gasteiger partial charge is 0.308 e. The van der Waals surface area contributed by atoms with Gasteiger partial charge in [0.2, 0.25) is 0 Å². The zero-order valence-corrected chi connectivity index (χ0v) is 29.4. The van der Waals surface area contributed by atoms with Crippen LogP contribution in [0.3, 0.4) is 0 Å². The first-order valence-corrected chi connectivity index (χ1v) is 18.0. The molecule has 49 heavy (non-hydrogen) atoms. The quantitative estimate of drug-likeness (QED) is 0.175. The van der Waals surface area contributed by atoms with Gasteiger partial charge in [0.15, 0.2) is 0 Å². The number of halogens is 2. The van der Waals surface area contributed by atoms with E-state index in [1.165, 1.54) is 58.8 Å². The van der Waals surface area contributed by atoms with Gasteiger partial charge in [0.1, 0.15) is 0 Å². The molecule has 0 saturated heterocycles. The van der Waals surface area contributed by atoms with Crippen molar-refractivity contribution < 1.29 is 0 Å². The highest BCUT2D eigenvalue weighted by Gasteiger charge is 2.25. The fraction of sp³-hybridized carbons (Fsp3) is 0.0698. The molecule has 4 heterocycles. The van der Waals surface area contributed by atoms with E-state index >= 15 is 0 Å². The van der Waals surface area contributed by atoms with Crippen LogP contribution in [0.1, 0.15) is 16.7 Å². The van der Waals surface area contributed by atoms with E-state index in [1.54, 1.807) is 0 Å². The maximum Gasteiger partial charge on any atom is 0.0804 e. The Morgan fingerprint density at radius 3 is 1.37 bits per heavy atom. The fourth-order valence-corrected chi connectivity index (χ4v) is 9.20. The molecule has 0 spiro atoms. The third-order valence-corrected chi connectivity index (χ3v) is 11.6. The van der Waals surface area contributed by atoms with Gasteiger partial charge in [-0.15, -0.1) is 11.3 Å². The summed E-state index contributed by atoms with van der Waals surface area (Å²) < 4.78 is 9.75. The molecule has 0 amide bonds. The third kappa shape index (κ3) is 4.21. The van der Waals surface area contributed by atoms with Crippen molar-refractivity contribution in [1.82, 2.24) is 13.7 Å². The van der Waals surface area contributed by atoms with E-state index in [2.05, 4.69) is 144 Å². The number of nitrogens with zero attached hydrogens (tertiary/aromatic N) is 3. The average molecular weight is 691 g/mol. The number of aryl methyl sites for hydroxylation is 3. The molecule has 0 aliphatic carbocycles. The van der Waals surface area contributed by atoms with Crippen LogP contribution in [0.4, 0.5) is 0 Å². The first-order valence-electron chi connectivity index (χ1n) is 16.4. The van der Waals surface area contributed by atoms with Gasteiger partial charge >= 0.3 is 0 Å². The van der Waals surface area contributed by atoms with E-state index < -0.39 is 0 Å². The average Bonchev–Trinajstić information content (AvgIpc) is 3.80. The van der Waals surface area contributed by atoms with Gasteiger partial charge in [-0.05, 0) is 106 Å². The number of aromatic nitrogens is 3. The topological polar surface area (TPSA) is 14.8 Å². The summed E-state index contributed by atoms with van der Waals surface area (Å²) in [5.41, 5.74) is 14.0. The lowest BCUT2D eigenvalue weighted by molar-refractivity contribution is 1.17. The van der Waals surface area contributed by atoms with Crippen LogP contribution in [-0.2, 0) is 0 Å². The molecular formula is C43H29Cl2N3S. The van der Waals surface area contributed by atoms with Crippen molar-refractivity contribution in [1.29, 1.82) is 0 Å². The molecule has 4 aromatic heterocycles. The van der Waals surface area contributed by atoms with Crippen LogP contribution in [0.25, 0.3) is 81.1 Å². The van der Waals surface area contributed by atoms with E-state index in [0.717, 1.165) is 49.0 Å². The first kappa shape index (κ1) is 29.0. The van der Waals surface area contributed by atoms with Gasteiger partial charge in [0.05, 0.1) is 37.8 Å². The third-order valence-electron chi connectivity index (χ3n) is 9.95. The van der Waals surface area contributed by atoms with E-state index in [-0.39, 0.29) is 0 Å². The van der Waals surface area contributed by atoms with Crippen molar-refractivity contribution in [3.05, 3.63) is 148 Å². The van der Waals surface area contributed by atoms with Gasteiger partial charge in [0, 0.05) is 53.4 Å². The second kappa shape index (κ2) is 10.5. The Kier molecular flexibility index (Phi) is 6.21. The van der Waals surface area contributed by atoms with Crippen molar-refractivity contribution in [2.45, 2.75) is 20.8 Å². The number of rotatable bonds is 3. The number of thiophene rings is 1. The molecule has 6 aromatic carbocycles. The molecule has 0 aliphatic rings. The minimum Gasteiger partial charge on any atom is -0.308 e. The fourth-order valence-electron chi connectivity index (χ4n) is 7.62. The molecule has 236 valence electrons. The summed E-state index contributed by atoms with van der Waals surface area (Å²) in [5, 5.41) is 6.25. The van der Waals surface area contributed by atoms with E-state index in [4.69, 9.17) is 23.2 Å². The Bertz CT molecular complexity index is 2960. The van der Waals surface area contributed by atoms with E-state index in [0.29, 0.717) is 0 Å². The monoisotopic (exact) mass is 689 g/mol. The van der Waals surface area contributed by atoms with Crippen LogP contribution in [0.2, 0.25) is 10.0 Å². The molecule has 3 nitrogen and oxygen atoms in total. The zero-order chi connectivity index (χ0) is 33.1. The van der Waals surface area contributed by atoms with Crippen LogP contribution >= 0.6 is 34.5 Å². The molecule has 6 heteroatoms. The molecule has 0 bridgehead atoms. The lowest BCUT2D eigenvalue weighted by Gasteiger charge is -2.11. The molecule has 0 saturated carbocycles. The lowest BCUT2D eigenvalue weighted by Crippen LogP contribution is -1.95. The lowest BCUT2D eigenvalue weighted by atomic mass is 10.1. The molecule has 10 aromatic rings. The highest BCUT2D eigenvalue weighted by Crippen LogP contribution is 2.48. The molecular weight excluding hydrogens is 661 g/mol. The summed E-state index contributed by atoms with van der Waals surface area (Å²) in [4.78, 5) is 0. The predicted molar refractivity (Wildman–Crippen MR) is 212 cm³/mol. The van der Waals surface area contributed by atoms with Crippen LogP contribution in [0.5, 0.6) is 0 Å². The van der Waals surface area contributed by atoms with Gasteiger partial charge in [0.25, 0.3) is 0 Å². The maximum absolute atomic E-state index is 6.70. The Hall–Kier alpha value is -5.00. The molecule has 10 rings (SSSR count). The number of hydrogen-bond donors (Lipinski definition) is 0. The second-order valence-corrected chi connectivity index (χ2v) is 15.1. The van der Waals surface area contributed by atoms with Gasteiger partial charge in [-0.25, -0.2) is 0 Å². The van der Waals surface area contributed by atoms with E-state index in [1.807, 2.05) is 23.5 Å². The molecule has 0 atom stereocenters. The van der Waals surface area contributed by atoms with Crippen molar-refractivity contribution in [2.24, 2.45) is 0 Å². The number of hydrogen-bond acceptors (Lipinski definition) is 1. The minimum absolute atomic E-state index is 0.722. The molecule has 0 N–H and O–H groups in total. The van der Waals surface area contributed by atoms with Crippen molar-refractivity contribution in [3.63, 3.8) is 0 Å². The Morgan fingerprint density at radius 1 is 0.408 bits per heavy atom. The zero-order valence-electron chi connectivity index (χ0n) is 27.1. The second-order valence-electron chi connectivity index (χ2n) is 13.2. The van der Waals surface area contributed by atoms with Crippen LogP contribution in [0.15, 0.2) is 121 Å². The number of benzene rings is 6. The molecule has 0 radical (unpaired) electrons. The smallest absolute Gasteiger partial charge is 0.0804 e. The highest BCUT2D eigenvalue weighted by molar-refractivity contribution is 7.26. The van der Waals surface area contributed by atoms with Crippen molar-refractivity contribution in [2.75, 3.05) is 0 Å². The SMILES string of the molecule is Cc1ccc(-n2c3cc(Cl)ccc3c3sc4cc5c(cc4c32)n(-c2ccc(C)cc2)c2c3ccc(Cl)cc3n(-c3ccc(C)cc3)c52)cc1. The van der Waals surface area contributed by atoms with Crippen molar-refractivity contribution in [3.8, 4) is 17.1 Å². The Morgan fingerprint density at radius 2 is 0.837 bits per heavy atom. The molecule has 0 fully saturated rings. The summed E-state index contributed by atoms with van der Waals surface area (Å²) in [6.07, 6.45) is 0. The predicted octanol–water partition coefficient (Wildman–Crippen LogP) is 13.3. The molecule has 0 aliphatic heterocycles. The minimum atomic E-state index is 0.722. The first-order chi connectivity index (χ1) is 23.8. The van der Waals surface area contributed by atoms with Gasteiger partial charge in [-0.3, -0.25) is 0 Å². The number of fused-ring (bicyclic) bond motifs is 10. The highest BCUT2D eigenvalue weighted by atomic mass is 35.5.